The van der Waals surface area contributed by atoms with Gasteiger partial charge in [0, 0.05) is 17.1 Å². The Labute approximate surface area is 114 Å². The highest BCUT2D eigenvalue weighted by Gasteiger charge is 2.24. The lowest BCUT2D eigenvalue weighted by molar-refractivity contribution is -0.137. The van der Waals surface area contributed by atoms with E-state index in [-0.39, 0.29) is 0 Å². The number of benzene rings is 1. The zero-order valence-corrected chi connectivity index (χ0v) is 10.8. The predicted octanol–water partition coefficient (Wildman–Crippen LogP) is 3.51. The zero-order valence-electron chi connectivity index (χ0n) is 9.98. The average Bonchev–Trinajstić information content (AvgIpc) is 2.84. The molecule has 2 heterocycles. The highest BCUT2D eigenvalue weighted by molar-refractivity contribution is 7.17. The second-order valence-corrected chi connectivity index (χ2v) is 5.16. The lowest BCUT2D eigenvalue weighted by Crippen LogP contribution is -2.12. The molecule has 19 heavy (non-hydrogen) atoms. The van der Waals surface area contributed by atoms with E-state index in [1.165, 1.54) is 0 Å². The summed E-state index contributed by atoms with van der Waals surface area (Å²) in [4.78, 5) is 15.6. The first-order chi connectivity index (χ1) is 9.27. The van der Waals surface area contributed by atoms with Crippen molar-refractivity contribution in [3.05, 3.63) is 65.3 Å². The minimum absolute atomic E-state index is 0.662. The standard InChI is InChI=1S/C15H11NO2S/c17-15(18)14(10-4-3-7-16-8-10)12-9-19-13-6-2-1-5-11(12)13/h1-9,14H,(H,17,18). The Kier molecular flexibility index (Phi) is 3.01. The number of aliphatic carboxylic acids is 1. The van der Waals surface area contributed by atoms with Gasteiger partial charge in [0.25, 0.3) is 0 Å². The third-order valence-electron chi connectivity index (χ3n) is 3.09. The van der Waals surface area contributed by atoms with Crippen LogP contribution in [0.5, 0.6) is 0 Å². The van der Waals surface area contributed by atoms with E-state index < -0.39 is 11.9 Å². The lowest BCUT2D eigenvalue weighted by Gasteiger charge is -2.11. The summed E-state index contributed by atoms with van der Waals surface area (Å²) in [6.45, 7) is 0. The topological polar surface area (TPSA) is 50.2 Å². The van der Waals surface area contributed by atoms with Crippen LogP contribution >= 0.6 is 11.3 Å². The molecule has 3 rings (SSSR count). The molecule has 2 aromatic heterocycles. The van der Waals surface area contributed by atoms with Crippen LogP contribution in [0, 0.1) is 0 Å². The van der Waals surface area contributed by atoms with Gasteiger partial charge in [0.2, 0.25) is 0 Å². The lowest BCUT2D eigenvalue weighted by atomic mass is 9.92. The number of pyridine rings is 1. The van der Waals surface area contributed by atoms with Crippen molar-refractivity contribution in [3.8, 4) is 0 Å². The van der Waals surface area contributed by atoms with E-state index in [1.807, 2.05) is 29.6 Å². The molecule has 3 aromatic rings. The molecule has 1 atom stereocenters. The Bertz CT molecular complexity index is 721. The summed E-state index contributed by atoms with van der Waals surface area (Å²) in [7, 11) is 0. The molecule has 4 heteroatoms. The van der Waals surface area contributed by atoms with E-state index in [0.717, 1.165) is 15.6 Å². The molecule has 0 amide bonds. The largest absolute Gasteiger partial charge is 0.481 e. The summed E-state index contributed by atoms with van der Waals surface area (Å²) < 4.78 is 1.10. The van der Waals surface area contributed by atoms with Crippen molar-refractivity contribution < 1.29 is 9.90 Å². The minimum Gasteiger partial charge on any atom is -0.481 e. The van der Waals surface area contributed by atoms with E-state index in [2.05, 4.69) is 4.98 Å². The number of thiophene rings is 1. The van der Waals surface area contributed by atoms with Gasteiger partial charge in [-0.05, 0) is 34.0 Å². The van der Waals surface area contributed by atoms with E-state index in [9.17, 15) is 9.90 Å². The van der Waals surface area contributed by atoms with Gasteiger partial charge in [-0.25, -0.2) is 0 Å². The number of hydrogen-bond acceptors (Lipinski definition) is 3. The van der Waals surface area contributed by atoms with Crippen molar-refractivity contribution >= 4 is 27.4 Å². The monoisotopic (exact) mass is 269 g/mol. The molecule has 0 saturated heterocycles. The Balaban J connectivity index is 2.18. The highest BCUT2D eigenvalue weighted by Crippen LogP contribution is 2.34. The third kappa shape index (κ3) is 2.11. The van der Waals surface area contributed by atoms with Gasteiger partial charge in [-0.15, -0.1) is 11.3 Å². The maximum absolute atomic E-state index is 11.6. The molecule has 1 unspecified atom stereocenters. The number of fused-ring (bicyclic) bond motifs is 1. The molecule has 0 fully saturated rings. The first-order valence-electron chi connectivity index (χ1n) is 5.86. The quantitative estimate of drug-likeness (QED) is 0.791. The van der Waals surface area contributed by atoms with Crippen LogP contribution in [0.3, 0.4) is 0 Å². The number of rotatable bonds is 3. The van der Waals surface area contributed by atoms with Crippen molar-refractivity contribution in [2.75, 3.05) is 0 Å². The number of hydrogen-bond donors (Lipinski definition) is 1. The van der Waals surface area contributed by atoms with Crippen LogP contribution in [0.25, 0.3) is 10.1 Å². The number of carboxylic acid groups (broad SMARTS) is 1. The van der Waals surface area contributed by atoms with Crippen LogP contribution in [0.15, 0.2) is 54.2 Å². The van der Waals surface area contributed by atoms with E-state index in [0.29, 0.717) is 5.56 Å². The molecule has 0 spiro atoms. The molecule has 0 radical (unpaired) electrons. The Morgan fingerprint density at radius 3 is 2.79 bits per heavy atom. The normalized spacial score (nSPS) is 12.4. The summed E-state index contributed by atoms with van der Waals surface area (Å²) in [5.41, 5.74) is 1.54. The Morgan fingerprint density at radius 1 is 1.21 bits per heavy atom. The second kappa shape index (κ2) is 4.82. The second-order valence-electron chi connectivity index (χ2n) is 4.24. The van der Waals surface area contributed by atoms with E-state index >= 15 is 0 Å². The molecule has 1 aromatic carbocycles. The maximum atomic E-state index is 11.6. The van der Waals surface area contributed by atoms with Gasteiger partial charge in [0.05, 0.1) is 0 Å². The van der Waals surface area contributed by atoms with Gasteiger partial charge >= 0.3 is 5.97 Å². The number of aromatic nitrogens is 1. The van der Waals surface area contributed by atoms with Gasteiger partial charge in [0.1, 0.15) is 5.92 Å². The average molecular weight is 269 g/mol. The summed E-state index contributed by atoms with van der Waals surface area (Å²) in [6.07, 6.45) is 3.26. The van der Waals surface area contributed by atoms with Gasteiger partial charge in [-0.3, -0.25) is 9.78 Å². The molecule has 0 aliphatic rings. The van der Waals surface area contributed by atoms with Gasteiger partial charge in [0.15, 0.2) is 0 Å². The fourth-order valence-electron chi connectivity index (χ4n) is 2.22. The minimum atomic E-state index is -0.850. The molecule has 0 saturated carbocycles. The van der Waals surface area contributed by atoms with Crippen LogP contribution < -0.4 is 0 Å². The first kappa shape index (κ1) is 11.9. The summed E-state index contributed by atoms with van der Waals surface area (Å²) >= 11 is 1.57. The summed E-state index contributed by atoms with van der Waals surface area (Å²) in [5.74, 6) is -1.51. The predicted molar refractivity (Wildman–Crippen MR) is 75.5 cm³/mol. The van der Waals surface area contributed by atoms with Crippen molar-refractivity contribution in [2.45, 2.75) is 5.92 Å². The Morgan fingerprint density at radius 2 is 2.05 bits per heavy atom. The van der Waals surface area contributed by atoms with Crippen molar-refractivity contribution in [1.82, 2.24) is 4.98 Å². The fraction of sp³-hybridized carbons (Fsp3) is 0.0667. The van der Waals surface area contributed by atoms with E-state index in [4.69, 9.17) is 0 Å². The zero-order chi connectivity index (χ0) is 13.2. The van der Waals surface area contributed by atoms with Crippen LogP contribution in [0.2, 0.25) is 0 Å². The maximum Gasteiger partial charge on any atom is 0.315 e. The number of nitrogens with zero attached hydrogens (tertiary/aromatic N) is 1. The van der Waals surface area contributed by atoms with E-state index in [1.54, 1.807) is 35.9 Å². The van der Waals surface area contributed by atoms with Crippen LogP contribution in [-0.2, 0) is 4.79 Å². The molecule has 1 N–H and O–H groups in total. The molecule has 0 bridgehead atoms. The number of carbonyl (C=O) groups is 1. The van der Waals surface area contributed by atoms with Crippen molar-refractivity contribution in [3.63, 3.8) is 0 Å². The van der Waals surface area contributed by atoms with Gasteiger partial charge in [-0.1, -0.05) is 24.3 Å². The molecular formula is C15H11NO2S. The van der Waals surface area contributed by atoms with Crippen LogP contribution in [0.4, 0.5) is 0 Å². The van der Waals surface area contributed by atoms with Crippen LogP contribution in [-0.4, -0.2) is 16.1 Å². The fourth-order valence-corrected chi connectivity index (χ4v) is 3.21. The summed E-state index contributed by atoms with van der Waals surface area (Å²) in [5, 5.41) is 12.5. The first-order valence-corrected chi connectivity index (χ1v) is 6.74. The van der Waals surface area contributed by atoms with Crippen molar-refractivity contribution in [2.24, 2.45) is 0 Å². The van der Waals surface area contributed by atoms with Gasteiger partial charge < -0.3 is 5.11 Å². The Hall–Kier alpha value is -2.20. The highest BCUT2D eigenvalue weighted by atomic mass is 32.1. The molecule has 3 nitrogen and oxygen atoms in total. The number of carboxylic acids is 1. The molecule has 0 aliphatic carbocycles. The third-order valence-corrected chi connectivity index (χ3v) is 4.07. The van der Waals surface area contributed by atoms with Crippen LogP contribution in [0.1, 0.15) is 17.0 Å². The summed E-state index contributed by atoms with van der Waals surface area (Å²) in [6, 6.07) is 11.4. The molecule has 94 valence electrons. The van der Waals surface area contributed by atoms with Gasteiger partial charge in [-0.2, -0.15) is 0 Å². The molecular weight excluding hydrogens is 258 g/mol. The van der Waals surface area contributed by atoms with Crippen molar-refractivity contribution in [1.29, 1.82) is 0 Å². The smallest absolute Gasteiger partial charge is 0.315 e. The molecule has 0 aliphatic heterocycles. The SMILES string of the molecule is O=C(O)C(c1cccnc1)c1csc2ccccc12.